The molecule has 0 aliphatic heterocycles. The van der Waals surface area contributed by atoms with E-state index in [0.717, 1.165) is 23.5 Å². The van der Waals surface area contributed by atoms with Crippen molar-refractivity contribution in [2.75, 3.05) is 39.5 Å². The molecule has 0 aromatic heterocycles. The van der Waals surface area contributed by atoms with Gasteiger partial charge in [-0.3, -0.25) is 4.90 Å². The van der Waals surface area contributed by atoms with Crippen LogP contribution in [-0.2, 0) is 5.41 Å². The van der Waals surface area contributed by atoms with Crippen LogP contribution in [0.25, 0.3) is 0 Å². The summed E-state index contributed by atoms with van der Waals surface area (Å²) in [6.45, 7) is 1.50. The van der Waals surface area contributed by atoms with Crippen LogP contribution in [0.5, 0.6) is 5.75 Å². The van der Waals surface area contributed by atoms with Crippen molar-refractivity contribution in [2.45, 2.75) is 50.0 Å². The Hall–Kier alpha value is -1.14. The maximum atomic E-state index is 10.2. The molecule has 0 saturated heterocycles. The molecule has 1 aromatic carbocycles. The smallest absolute Gasteiger partial charge is 0.119 e. The Kier molecular flexibility index (Phi) is 6.26. The average Bonchev–Trinajstić information content (AvgIpc) is 2.66. The molecule has 1 aromatic rings. The van der Waals surface area contributed by atoms with E-state index in [0.29, 0.717) is 25.0 Å². The van der Waals surface area contributed by atoms with Crippen LogP contribution in [0.2, 0.25) is 0 Å². The molecule has 156 valence electrons. The van der Waals surface area contributed by atoms with Gasteiger partial charge in [-0.15, -0.1) is 0 Å². The summed E-state index contributed by atoms with van der Waals surface area (Å²) in [7, 11) is 0. The highest BCUT2D eigenvalue weighted by Crippen LogP contribution is 2.60. The molecule has 0 heterocycles. The normalized spacial score (nSPS) is 32.1. The van der Waals surface area contributed by atoms with Gasteiger partial charge in [0.1, 0.15) is 18.5 Å². The van der Waals surface area contributed by atoms with Crippen molar-refractivity contribution in [3.63, 3.8) is 0 Å². The zero-order chi connectivity index (χ0) is 19.6. The van der Waals surface area contributed by atoms with Gasteiger partial charge < -0.3 is 20.1 Å². The van der Waals surface area contributed by atoms with Gasteiger partial charge in [0.05, 0.1) is 13.2 Å². The molecule has 0 spiro atoms. The highest BCUT2D eigenvalue weighted by molar-refractivity contribution is 5.34. The highest BCUT2D eigenvalue weighted by Gasteiger charge is 2.51. The van der Waals surface area contributed by atoms with Crippen LogP contribution >= 0.6 is 0 Å². The molecule has 4 saturated carbocycles. The van der Waals surface area contributed by atoms with E-state index in [-0.39, 0.29) is 19.8 Å². The van der Waals surface area contributed by atoms with Crippen molar-refractivity contribution in [1.29, 1.82) is 0 Å². The van der Waals surface area contributed by atoms with E-state index >= 15 is 0 Å². The van der Waals surface area contributed by atoms with E-state index < -0.39 is 6.10 Å². The Morgan fingerprint density at radius 1 is 0.929 bits per heavy atom. The summed E-state index contributed by atoms with van der Waals surface area (Å²) in [5.74, 6) is 3.62. The Morgan fingerprint density at radius 3 is 1.96 bits per heavy atom. The van der Waals surface area contributed by atoms with E-state index in [1.807, 2.05) is 4.90 Å². The topological polar surface area (TPSA) is 73.2 Å². The van der Waals surface area contributed by atoms with E-state index in [1.54, 1.807) is 0 Å². The number of aliphatic hydroxyl groups excluding tert-OH is 3. The van der Waals surface area contributed by atoms with E-state index in [4.69, 9.17) is 14.9 Å². The molecule has 5 nitrogen and oxygen atoms in total. The summed E-state index contributed by atoms with van der Waals surface area (Å²) in [5.41, 5.74) is 1.89. The minimum atomic E-state index is -0.652. The van der Waals surface area contributed by atoms with Crippen molar-refractivity contribution >= 4 is 0 Å². The van der Waals surface area contributed by atoms with Crippen molar-refractivity contribution < 1.29 is 20.1 Å². The van der Waals surface area contributed by atoms with Gasteiger partial charge >= 0.3 is 0 Å². The van der Waals surface area contributed by atoms with Gasteiger partial charge in [0.15, 0.2) is 0 Å². The summed E-state index contributed by atoms with van der Waals surface area (Å²) in [6, 6.07) is 8.61. The number of hydrogen-bond donors (Lipinski definition) is 3. The van der Waals surface area contributed by atoms with Gasteiger partial charge in [0, 0.05) is 19.6 Å². The molecule has 0 amide bonds. The van der Waals surface area contributed by atoms with Gasteiger partial charge in [-0.1, -0.05) is 12.1 Å². The first-order valence-corrected chi connectivity index (χ1v) is 11.0. The van der Waals surface area contributed by atoms with Gasteiger partial charge in [-0.2, -0.15) is 0 Å². The molecular formula is C23H35NO4. The summed E-state index contributed by atoms with van der Waals surface area (Å²) >= 11 is 0. The van der Waals surface area contributed by atoms with Crippen LogP contribution in [0.1, 0.15) is 44.1 Å². The first-order valence-electron chi connectivity index (χ1n) is 11.0. The zero-order valence-electron chi connectivity index (χ0n) is 16.8. The van der Waals surface area contributed by atoms with Crippen LogP contribution in [-0.4, -0.2) is 65.8 Å². The number of rotatable bonds is 10. The zero-order valence-corrected chi connectivity index (χ0v) is 16.8. The lowest BCUT2D eigenvalue weighted by atomic mass is 9.48. The van der Waals surface area contributed by atoms with Crippen molar-refractivity contribution in [1.82, 2.24) is 4.90 Å². The molecule has 5 heteroatoms. The van der Waals surface area contributed by atoms with Crippen LogP contribution < -0.4 is 4.74 Å². The third-order valence-electron chi connectivity index (χ3n) is 7.25. The highest BCUT2D eigenvalue weighted by atomic mass is 16.5. The second-order valence-electron chi connectivity index (χ2n) is 9.43. The quantitative estimate of drug-likeness (QED) is 0.572. The second kappa shape index (κ2) is 8.70. The van der Waals surface area contributed by atoms with Crippen molar-refractivity contribution in [3.8, 4) is 5.75 Å². The minimum absolute atomic E-state index is 0.0133. The van der Waals surface area contributed by atoms with Crippen LogP contribution in [0.4, 0.5) is 0 Å². The number of hydrogen-bond acceptors (Lipinski definition) is 5. The molecule has 4 bridgehead atoms. The van der Waals surface area contributed by atoms with Gasteiger partial charge in [-0.05, 0) is 79.4 Å². The first kappa shape index (κ1) is 20.1. The third kappa shape index (κ3) is 4.38. The fourth-order valence-corrected chi connectivity index (χ4v) is 6.49. The van der Waals surface area contributed by atoms with Crippen molar-refractivity contribution in [3.05, 3.63) is 29.8 Å². The molecule has 0 radical (unpaired) electrons. The Bertz CT molecular complexity index is 591. The second-order valence-corrected chi connectivity index (χ2v) is 9.43. The predicted octanol–water partition coefficient (Wildman–Crippen LogP) is 2.18. The lowest BCUT2D eigenvalue weighted by molar-refractivity contribution is -0.00522. The molecule has 4 aliphatic carbocycles. The molecule has 4 fully saturated rings. The summed E-state index contributed by atoms with van der Waals surface area (Å²) in [5, 5.41) is 28.3. The maximum Gasteiger partial charge on any atom is 0.119 e. The lowest BCUT2D eigenvalue weighted by Gasteiger charge is -2.57. The SMILES string of the molecule is OCCN(CCO)C[C@@H](O)COc1ccc(C23CC4CC(CC(C4)C2)C3)cc1. The molecule has 28 heavy (non-hydrogen) atoms. The molecule has 5 rings (SSSR count). The van der Waals surface area contributed by atoms with Gasteiger partial charge in [-0.25, -0.2) is 0 Å². The average molecular weight is 390 g/mol. The standard InChI is InChI=1S/C23H35NO4/c25-7-5-24(6-8-26)15-21(27)16-28-22-3-1-20(2-4-22)23-12-17-9-18(13-23)11-19(10-17)14-23/h1-4,17-19,21,25-27H,5-16H2/t17?,18?,19?,21-,23?/m1/s1. The molecule has 0 unspecified atom stereocenters. The van der Waals surface area contributed by atoms with Crippen LogP contribution in [0.3, 0.4) is 0 Å². The molecule has 3 N–H and O–H groups in total. The molecule has 1 atom stereocenters. The number of ether oxygens (including phenoxy) is 1. The van der Waals surface area contributed by atoms with Gasteiger partial charge in [0.2, 0.25) is 0 Å². The summed E-state index contributed by atoms with van der Waals surface area (Å²) in [4.78, 5) is 1.84. The summed E-state index contributed by atoms with van der Waals surface area (Å²) in [6.07, 6.45) is 7.82. The number of aliphatic hydroxyl groups is 3. The fraction of sp³-hybridized carbons (Fsp3) is 0.739. The first-order chi connectivity index (χ1) is 13.6. The van der Waals surface area contributed by atoms with Crippen LogP contribution in [0.15, 0.2) is 24.3 Å². The molecular weight excluding hydrogens is 354 g/mol. The molecule has 4 aliphatic rings. The summed E-state index contributed by atoms with van der Waals surface area (Å²) < 4.78 is 5.80. The Labute approximate surface area is 168 Å². The van der Waals surface area contributed by atoms with Gasteiger partial charge in [0.25, 0.3) is 0 Å². The lowest BCUT2D eigenvalue weighted by Crippen LogP contribution is -2.48. The predicted molar refractivity (Wildman–Crippen MR) is 108 cm³/mol. The Morgan fingerprint density at radius 2 is 1.46 bits per heavy atom. The monoisotopic (exact) mass is 389 g/mol. The largest absolute Gasteiger partial charge is 0.491 e. The van der Waals surface area contributed by atoms with Crippen LogP contribution in [0, 0.1) is 17.8 Å². The minimum Gasteiger partial charge on any atom is -0.491 e. The Balaban J connectivity index is 1.31. The number of benzene rings is 1. The maximum absolute atomic E-state index is 10.2. The third-order valence-corrected chi connectivity index (χ3v) is 7.25. The number of nitrogens with zero attached hydrogens (tertiary/aromatic N) is 1. The van der Waals surface area contributed by atoms with Crippen molar-refractivity contribution in [2.24, 2.45) is 17.8 Å². The fourth-order valence-electron chi connectivity index (χ4n) is 6.49. The van der Waals surface area contributed by atoms with E-state index in [1.165, 1.54) is 44.1 Å². The van der Waals surface area contributed by atoms with E-state index in [2.05, 4.69) is 24.3 Å². The van der Waals surface area contributed by atoms with E-state index in [9.17, 15) is 5.11 Å².